The van der Waals surface area contributed by atoms with E-state index in [9.17, 15) is 9.59 Å². The average Bonchev–Trinajstić information content (AvgIpc) is 2.53. The van der Waals surface area contributed by atoms with Crippen molar-refractivity contribution in [2.75, 3.05) is 40.6 Å². The first-order valence-corrected chi connectivity index (χ1v) is 8.79. The molecule has 9 nitrogen and oxygen atoms in total. The minimum absolute atomic E-state index is 0.135. The van der Waals surface area contributed by atoms with Gasteiger partial charge in [0.05, 0.1) is 13.2 Å². The van der Waals surface area contributed by atoms with Gasteiger partial charge < -0.3 is 33.2 Å². The molecule has 0 bridgehead atoms. The topological polar surface area (TPSA) is 98.8 Å². The molecule has 0 aromatic heterocycles. The molecule has 27 heavy (non-hydrogen) atoms. The third kappa shape index (κ3) is 10.6. The molecule has 0 aliphatic rings. The highest BCUT2D eigenvalue weighted by Gasteiger charge is 2.35. The predicted molar refractivity (Wildman–Crippen MR) is 96.0 cm³/mol. The highest BCUT2D eigenvalue weighted by molar-refractivity contribution is 5.79. The Labute approximate surface area is 161 Å². The lowest BCUT2D eigenvalue weighted by Crippen LogP contribution is -2.44. The number of hydrogen-bond acceptors (Lipinski definition) is 9. The molecule has 0 aromatic rings. The van der Waals surface area contributed by atoms with Crippen molar-refractivity contribution in [1.29, 1.82) is 0 Å². The molecule has 0 saturated heterocycles. The van der Waals surface area contributed by atoms with Crippen LogP contribution < -0.4 is 0 Å². The van der Waals surface area contributed by atoms with Gasteiger partial charge in [0, 0.05) is 14.2 Å². The van der Waals surface area contributed by atoms with Crippen LogP contribution in [0.3, 0.4) is 0 Å². The van der Waals surface area contributed by atoms with Gasteiger partial charge in [0.25, 0.3) is 0 Å². The van der Waals surface area contributed by atoms with Gasteiger partial charge in [0.1, 0.15) is 13.2 Å². The summed E-state index contributed by atoms with van der Waals surface area (Å²) in [6.45, 7) is 10.4. The fourth-order valence-corrected chi connectivity index (χ4v) is 2.03. The van der Waals surface area contributed by atoms with Gasteiger partial charge >= 0.3 is 11.9 Å². The summed E-state index contributed by atoms with van der Waals surface area (Å²) in [5, 5.41) is 0. The molecule has 160 valence electrons. The van der Waals surface area contributed by atoms with Gasteiger partial charge in [-0.15, -0.1) is 0 Å². The zero-order chi connectivity index (χ0) is 21.1. The number of methoxy groups -OCH3 is 2. The molecule has 2 unspecified atom stereocenters. The molecule has 0 radical (unpaired) electrons. The quantitative estimate of drug-likeness (QED) is 0.247. The SMILES string of the molecule is COCCOC(=O)C(C)(C)OC(C)OC(C)OC(C)(C)C(=O)OCCOC. The molecule has 0 N–H and O–H groups in total. The number of carbonyl (C=O) groups excluding carboxylic acids is 2. The van der Waals surface area contributed by atoms with Gasteiger partial charge in [-0.05, 0) is 41.5 Å². The van der Waals surface area contributed by atoms with Crippen LogP contribution >= 0.6 is 0 Å². The van der Waals surface area contributed by atoms with E-state index in [2.05, 4.69) is 0 Å². The van der Waals surface area contributed by atoms with Crippen LogP contribution in [0.1, 0.15) is 41.5 Å². The summed E-state index contributed by atoms with van der Waals surface area (Å²) >= 11 is 0. The third-order valence-electron chi connectivity index (χ3n) is 3.33. The third-order valence-corrected chi connectivity index (χ3v) is 3.33. The van der Waals surface area contributed by atoms with E-state index in [1.54, 1.807) is 41.5 Å². The van der Waals surface area contributed by atoms with E-state index in [-0.39, 0.29) is 13.2 Å². The number of esters is 2. The van der Waals surface area contributed by atoms with E-state index in [1.165, 1.54) is 14.2 Å². The maximum absolute atomic E-state index is 12.0. The summed E-state index contributed by atoms with van der Waals surface area (Å²) in [5.74, 6) is -1.07. The number of ether oxygens (including phenoxy) is 7. The molecule has 0 heterocycles. The van der Waals surface area contributed by atoms with Gasteiger partial charge in [-0.3, -0.25) is 0 Å². The maximum Gasteiger partial charge on any atom is 0.338 e. The molecule has 2 atom stereocenters. The summed E-state index contributed by atoms with van der Waals surface area (Å²) in [6.07, 6.45) is -1.57. The average molecular weight is 394 g/mol. The molecular formula is C18H34O9. The Bertz CT molecular complexity index is 408. The molecule has 0 fully saturated rings. The Morgan fingerprint density at radius 1 is 0.704 bits per heavy atom. The van der Waals surface area contributed by atoms with Gasteiger partial charge in [-0.1, -0.05) is 0 Å². The van der Waals surface area contributed by atoms with Crippen molar-refractivity contribution in [3.05, 3.63) is 0 Å². The molecule has 0 aliphatic heterocycles. The monoisotopic (exact) mass is 394 g/mol. The van der Waals surface area contributed by atoms with Crippen molar-refractivity contribution < 1.29 is 42.7 Å². The smallest absolute Gasteiger partial charge is 0.338 e. The second kappa shape index (κ2) is 12.2. The van der Waals surface area contributed by atoms with Crippen LogP contribution in [-0.4, -0.2) is 76.4 Å². The summed E-state index contributed by atoms with van der Waals surface area (Å²) in [6, 6.07) is 0. The first kappa shape index (κ1) is 25.7. The van der Waals surface area contributed by atoms with Crippen molar-refractivity contribution in [3.8, 4) is 0 Å². The lowest BCUT2D eigenvalue weighted by molar-refractivity contribution is -0.281. The molecule has 0 saturated carbocycles. The Balaban J connectivity index is 4.48. The summed E-state index contributed by atoms with van der Waals surface area (Å²) in [5.41, 5.74) is -2.44. The summed E-state index contributed by atoms with van der Waals surface area (Å²) in [7, 11) is 3.03. The van der Waals surface area contributed by atoms with E-state index >= 15 is 0 Å². The molecule has 9 heteroatoms. The summed E-state index contributed by atoms with van der Waals surface area (Å²) < 4.78 is 36.6. The van der Waals surface area contributed by atoms with Crippen LogP contribution in [0.4, 0.5) is 0 Å². The second-order valence-corrected chi connectivity index (χ2v) is 6.79. The second-order valence-electron chi connectivity index (χ2n) is 6.79. The molecule has 0 spiro atoms. The largest absolute Gasteiger partial charge is 0.461 e. The van der Waals surface area contributed by atoms with Crippen LogP contribution in [0.25, 0.3) is 0 Å². The minimum atomic E-state index is -1.22. The number of rotatable bonds is 14. The Morgan fingerprint density at radius 2 is 1.04 bits per heavy atom. The standard InChI is InChI=1S/C18H34O9/c1-13(26-17(3,4)15(19)23-11-9-21-7)25-14(2)27-18(5,6)16(20)24-12-10-22-8/h13-14H,9-12H2,1-8H3. The van der Waals surface area contributed by atoms with Crippen LogP contribution in [0.2, 0.25) is 0 Å². The fourth-order valence-electron chi connectivity index (χ4n) is 2.03. The lowest BCUT2D eigenvalue weighted by Gasteiger charge is -2.31. The van der Waals surface area contributed by atoms with Crippen molar-refractivity contribution in [2.24, 2.45) is 0 Å². The molecule has 0 aliphatic carbocycles. The van der Waals surface area contributed by atoms with Gasteiger partial charge in [0.15, 0.2) is 23.8 Å². The van der Waals surface area contributed by atoms with Gasteiger partial charge in [-0.2, -0.15) is 0 Å². The van der Waals surface area contributed by atoms with Crippen molar-refractivity contribution >= 4 is 11.9 Å². The van der Waals surface area contributed by atoms with Crippen LogP contribution in [0.15, 0.2) is 0 Å². The molecule has 0 aromatic carbocycles. The molecule has 0 amide bonds. The normalized spacial score (nSPS) is 14.5. The Morgan fingerprint density at radius 3 is 1.33 bits per heavy atom. The lowest BCUT2D eigenvalue weighted by atomic mass is 10.1. The van der Waals surface area contributed by atoms with Crippen LogP contribution in [-0.2, 0) is 42.7 Å². The number of hydrogen-bond donors (Lipinski definition) is 0. The van der Waals surface area contributed by atoms with Crippen LogP contribution in [0.5, 0.6) is 0 Å². The zero-order valence-electron chi connectivity index (χ0n) is 17.7. The Hall–Kier alpha value is -1.26. The Kier molecular flexibility index (Phi) is 11.7. The van der Waals surface area contributed by atoms with E-state index < -0.39 is 35.7 Å². The van der Waals surface area contributed by atoms with Crippen molar-refractivity contribution in [1.82, 2.24) is 0 Å². The minimum Gasteiger partial charge on any atom is -0.461 e. The highest BCUT2D eigenvalue weighted by Crippen LogP contribution is 2.19. The predicted octanol–water partition coefficient (Wildman–Crippen LogP) is 1.66. The molecule has 0 rings (SSSR count). The highest BCUT2D eigenvalue weighted by atomic mass is 16.8. The van der Waals surface area contributed by atoms with Crippen LogP contribution in [0, 0.1) is 0 Å². The molecular weight excluding hydrogens is 360 g/mol. The van der Waals surface area contributed by atoms with E-state index in [4.69, 9.17) is 33.2 Å². The fraction of sp³-hybridized carbons (Fsp3) is 0.889. The first-order chi connectivity index (χ1) is 12.5. The van der Waals surface area contributed by atoms with Crippen molar-refractivity contribution in [2.45, 2.75) is 65.3 Å². The number of carbonyl (C=O) groups is 2. The summed E-state index contributed by atoms with van der Waals surface area (Å²) in [4.78, 5) is 24.1. The first-order valence-electron chi connectivity index (χ1n) is 8.79. The van der Waals surface area contributed by atoms with Crippen molar-refractivity contribution in [3.63, 3.8) is 0 Å². The van der Waals surface area contributed by atoms with Gasteiger partial charge in [0.2, 0.25) is 0 Å². The van der Waals surface area contributed by atoms with E-state index in [0.29, 0.717) is 13.2 Å². The maximum atomic E-state index is 12.0. The zero-order valence-corrected chi connectivity index (χ0v) is 17.7. The van der Waals surface area contributed by atoms with E-state index in [0.717, 1.165) is 0 Å². The van der Waals surface area contributed by atoms with E-state index in [1.807, 2.05) is 0 Å². The van der Waals surface area contributed by atoms with Gasteiger partial charge in [-0.25, -0.2) is 9.59 Å².